The van der Waals surface area contributed by atoms with Crippen LogP contribution in [-0.4, -0.2) is 24.0 Å². The van der Waals surface area contributed by atoms with Crippen molar-refractivity contribution < 1.29 is 0 Å². The summed E-state index contributed by atoms with van der Waals surface area (Å²) < 4.78 is 0. The summed E-state index contributed by atoms with van der Waals surface area (Å²) in [6.45, 7) is 2.72. The van der Waals surface area contributed by atoms with Crippen molar-refractivity contribution in [2.45, 2.75) is 44.6 Å². The zero-order valence-corrected chi connectivity index (χ0v) is 7.26. The minimum atomic E-state index is 0.853. The van der Waals surface area contributed by atoms with Crippen molar-refractivity contribution in [1.82, 2.24) is 4.90 Å². The van der Waals surface area contributed by atoms with Gasteiger partial charge in [-0.1, -0.05) is 12.8 Å². The van der Waals surface area contributed by atoms with E-state index in [0.29, 0.717) is 0 Å². The van der Waals surface area contributed by atoms with Crippen LogP contribution in [0.4, 0.5) is 0 Å². The fourth-order valence-electron chi connectivity index (χ4n) is 2.34. The van der Waals surface area contributed by atoms with Gasteiger partial charge in [-0.3, -0.25) is 0 Å². The molecule has 11 heavy (non-hydrogen) atoms. The fraction of sp³-hybridized carbons (Fsp3) is 0.900. The molecule has 0 spiro atoms. The highest BCUT2D eigenvalue weighted by Gasteiger charge is 2.23. The van der Waals surface area contributed by atoms with E-state index in [2.05, 4.69) is 11.3 Å². The molecular formula is C10H18N. The summed E-state index contributed by atoms with van der Waals surface area (Å²) in [5, 5.41) is 0. The average Bonchev–Trinajstić information content (AvgIpc) is 2.28. The summed E-state index contributed by atoms with van der Waals surface area (Å²) in [7, 11) is 0. The van der Waals surface area contributed by atoms with E-state index in [-0.39, 0.29) is 0 Å². The second-order valence-corrected chi connectivity index (χ2v) is 3.83. The topological polar surface area (TPSA) is 3.24 Å². The minimum absolute atomic E-state index is 0.853. The SMILES string of the molecule is [CH]1CCCN2CCCCCC12. The van der Waals surface area contributed by atoms with Crippen molar-refractivity contribution in [1.29, 1.82) is 0 Å². The van der Waals surface area contributed by atoms with Crippen LogP contribution in [0.2, 0.25) is 0 Å². The lowest BCUT2D eigenvalue weighted by Gasteiger charge is -2.33. The Kier molecular flexibility index (Phi) is 2.47. The van der Waals surface area contributed by atoms with Crippen molar-refractivity contribution in [3.63, 3.8) is 0 Å². The Labute approximate surface area is 69.8 Å². The van der Waals surface area contributed by atoms with E-state index in [1.165, 1.54) is 51.6 Å². The number of piperidine rings is 1. The molecular weight excluding hydrogens is 134 g/mol. The molecule has 0 bridgehead atoms. The van der Waals surface area contributed by atoms with Crippen LogP contribution < -0.4 is 0 Å². The van der Waals surface area contributed by atoms with Gasteiger partial charge in [-0.25, -0.2) is 0 Å². The predicted octanol–water partition coefficient (Wildman–Crippen LogP) is 2.23. The van der Waals surface area contributed by atoms with Gasteiger partial charge in [-0.05, 0) is 45.2 Å². The second kappa shape index (κ2) is 3.57. The van der Waals surface area contributed by atoms with Gasteiger partial charge in [0.05, 0.1) is 0 Å². The number of hydrogen-bond donors (Lipinski definition) is 0. The molecule has 2 aliphatic rings. The van der Waals surface area contributed by atoms with Crippen molar-refractivity contribution in [3.8, 4) is 0 Å². The molecule has 2 heterocycles. The van der Waals surface area contributed by atoms with E-state index in [1.807, 2.05) is 0 Å². The summed E-state index contributed by atoms with van der Waals surface area (Å²) in [6.07, 6.45) is 11.1. The van der Waals surface area contributed by atoms with E-state index in [1.54, 1.807) is 0 Å². The van der Waals surface area contributed by atoms with E-state index < -0.39 is 0 Å². The minimum Gasteiger partial charge on any atom is -0.300 e. The lowest BCUT2D eigenvalue weighted by atomic mass is 9.99. The summed E-state index contributed by atoms with van der Waals surface area (Å²) >= 11 is 0. The molecule has 0 saturated carbocycles. The van der Waals surface area contributed by atoms with E-state index in [0.717, 1.165) is 6.04 Å². The van der Waals surface area contributed by atoms with E-state index in [9.17, 15) is 0 Å². The Morgan fingerprint density at radius 3 is 2.91 bits per heavy atom. The van der Waals surface area contributed by atoms with Crippen LogP contribution in [0.1, 0.15) is 38.5 Å². The number of hydrogen-bond acceptors (Lipinski definition) is 1. The molecule has 63 valence electrons. The first-order chi connectivity index (χ1) is 5.47. The Hall–Kier alpha value is -0.0400. The number of nitrogens with zero attached hydrogens (tertiary/aromatic N) is 1. The van der Waals surface area contributed by atoms with E-state index >= 15 is 0 Å². The summed E-state index contributed by atoms with van der Waals surface area (Å²) in [5.41, 5.74) is 0. The zero-order chi connectivity index (χ0) is 7.52. The largest absolute Gasteiger partial charge is 0.300 e. The van der Waals surface area contributed by atoms with Gasteiger partial charge in [0.25, 0.3) is 0 Å². The molecule has 1 unspecified atom stereocenters. The van der Waals surface area contributed by atoms with Gasteiger partial charge >= 0.3 is 0 Å². The third-order valence-electron chi connectivity index (χ3n) is 3.00. The average molecular weight is 152 g/mol. The van der Waals surface area contributed by atoms with Crippen molar-refractivity contribution in [2.24, 2.45) is 0 Å². The molecule has 2 aliphatic heterocycles. The van der Waals surface area contributed by atoms with Crippen molar-refractivity contribution in [2.75, 3.05) is 13.1 Å². The molecule has 1 atom stereocenters. The van der Waals surface area contributed by atoms with Crippen LogP contribution in [0.3, 0.4) is 0 Å². The monoisotopic (exact) mass is 152 g/mol. The van der Waals surface area contributed by atoms with Gasteiger partial charge in [0.1, 0.15) is 0 Å². The van der Waals surface area contributed by atoms with Crippen LogP contribution in [0.15, 0.2) is 0 Å². The summed E-state index contributed by atoms with van der Waals surface area (Å²) in [5.74, 6) is 0. The molecule has 2 fully saturated rings. The molecule has 0 amide bonds. The van der Waals surface area contributed by atoms with Gasteiger partial charge in [0.2, 0.25) is 0 Å². The van der Waals surface area contributed by atoms with Gasteiger partial charge in [0, 0.05) is 6.04 Å². The third kappa shape index (κ3) is 1.76. The first-order valence-electron chi connectivity index (χ1n) is 5.04. The first kappa shape index (κ1) is 7.60. The Morgan fingerprint density at radius 2 is 1.91 bits per heavy atom. The molecule has 1 heteroatoms. The predicted molar refractivity (Wildman–Crippen MR) is 47.4 cm³/mol. The van der Waals surface area contributed by atoms with Crippen LogP contribution in [0.25, 0.3) is 0 Å². The van der Waals surface area contributed by atoms with Gasteiger partial charge < -0.3 is 4.90 Å². The lowest BCUT2D eigenvalue weighted by molar-refractivity contribution is 0.191. The van der Waals surface area contributed by atoms with Crippen LogP contribution in [-0.2, 0) is 0 Å². The quantitative estimate of drug-likeness (QED) is 0.514. The zero-order valence-electron chi connectivity index (χ0n) is 7.26. The lowest BCUT2D eigenvalue weighted by Crippen LogP contribution is -2.39. The maximum Gasteiger partial charge on any atom is 0.0127 e. The van der Waals surface area contributed by atoms with Crippen molar-refractivity contribution >= 4 is 0 Å². The molecule has 0 aromatic carbocycles. The molecule has 1 nitrogen and oxygen atoms in total. The smallest absolute Gasteiger partial charge is 0.0127 e. The van der Waals surface area contributed by atoms with Crippen LogP contribution in [0.5, 0.6) is 0 Å². The van der Waals surface area contributed by atoms with Crippen molar-refractivity contribution in [3.05, 3.63) is 6.42 Å². The Morgan fingerprint density at radius 1 is 1.00 bits per heavy atom. The summed E-state index contributed by atoms with van der Waals surface area (Å²) in [4.78, 5) is 2.68. The molecule has 0 N–H and O–H groups in total. The molecule has 2 rings (SSSR count). The number of rotatable bonds is 0. The second-order valence-electron chi connectivity index (χ2n) is 3.83. The molecule has 0 aliphatic carbocycles. The van der Waals surface area contributed by atoms with E-state index in [4.69, 9.17) is 0 Å². The molecule has 2 saturated heterocycles. The Bertz CT molecular complexity index is 108. The molecule has 0 aromatic rings. The third-order valence-corrected chi connectivity index (χ3v) is 3.00. The van der Waals surface area contributed by atoms with Gasteiger partial charge in [0.15, 0.2) is 0 Å². The fourth-order valence-corrected chi connectivity index (χ4v) is 2.34. The standard InChI is InChI=1S/C10H18N/c1-2-6-10-7-3-5-9-11(10)8-4-1/h7,10H,1-6,8-9H2. The maximum absolute atomic E-state index is 2.68. The highest BCUT2D eigenvalue weighted by molar-refractivity contribution is 4.90. The Balaban J connectivity index is 1.93. The van der Waals surface area contributed by atoms with Crippen LogP contribution >= 0.6 is 0 Å². The number of fused-ring (bicyclic) bond motifs is 1. The maximum atomic E-state index is 2.68. The normalized spacial score (nSPS) is 34.4. The molecule has 1 radical (unpaired) electrons. The van der Waals surface area contributed by atoms with Gasteiger partial charge in [-0.15, -0.1) is 0 Å². The molecule has 0 aromatic heterocycles. The highest BCUT2D eigenvalue weighted by atomic mass is 15.2. The summed E-state index contributed by atoms with van der Waals surface area (Å²) in [6, 6.07) is 0.853. The van der Waals surface area contributed by atoms with Gasteiger partial charge in [-0.2, -0.15) is 0 Å². The first-order valence-corrected chi connectivity index (χ1v) is 5.04. The van der Waals surface area contributed by atoms with Crippen LogP contribution in [0, 0.1) is 6.42 Å². The highest BCUT2D eigenvalue weighted by Crippen LogP contribution is 2.24.